The number of ketones is 1. The van der Waals surface area contributed by atoms with Gasteiger partial charge in [0.25, 0.3) is 0 Å². The van der Waals surface area contributed by atoms with Crippen LogP contribution < -0.4 is 0 Å². The van der Waals surface area contributed by atoms with Gasteiger partial charge in [0.15, 0.2) is 5.78 Å². The zero-order valence-electron chi connectivity index (χ0n) is 9.14. The van der Waals surface area contributed by atoms with Gasteiger partial charge < -0.3 is 0 Å². The quantitative estimate of drug-likeness (QED) is 0.757. The zero-order chi connectivity index (χ0) is 11.4. The van der Waals surface area contributed by atoms with E-state index < -0.39 is 0 Å². The second-order valence-corrected chi connectivity index (χ2v) is 4.55. The van der Waals surface area contributed by atoms with E-state index >= 15 is 0 Å². The second kappa shape index (κ2) is 5.12. The van der Waals surface area contributed by atoms with Crippen LogP contribution in [0.25, 0.3) is 10.8 Å². The first-order chi connectivity index (χ1) is 7.83. The highest BCUT2D eigenvalue weighted by atomic mass is 32.2. The summed E-state index contributed by atoms with van der Waals surface area (Å²) in [4.78, 5) is 16.1. The molecule has 2 rings (SSSR count). The molecule has 0 unspecified atom stereocenters. The molecule has 0 aliphatic rings. The molecular formula is C13H13NOS. The Hall–Kier alpha value is -1.35. The van der Waals surface area contributed by atoms with Crippen molar-refractivity contribution in [3.05, 3.63) is 42.2 Å². The summed E-state index contributed by atoms with van der Waals surface area (Å²) in [7, 11) is 0. The fourth-order valence-electron chi connectivity index (χ4n) is 1.69. The number of benzene rings is 1. The van der Waals surface area contributed by atoms with Crippen molar-refractivity contribution < 1.29 is 4.79 Å². The first kappa shape index (κ1) is 11.1. The van der Waals surface area contributed by atoms with E-state index in [1.165, 1.54) is 0 Å². The summed E-state index contributed by atoms with van der Waals surface area (Å²) in [5.74, 6) is 1.07. The molecule has 0 amide bonds. The van der Waals surface area contributed by atoms with Crippen LogP contribution in [0.5, 0.6) is 0 Å². The Kier molecular flexibility index (Phi) is 3.57. The average molecular weight is 231 g/mol. The molecule has 16 heavy (non-hydrogen) atoms. The van der Waals surface area contributed by atoms with E-state index in [0.29, 0.717) is 6.42 Å². The molecule has 1 aromatic carbocycles. The van der Waals surface area contributed by atoms with Gasteiger partial charge in [-0.2, -0.15) is 11.8 Å². The second-order valence-electron chi connectivity index (χ2n) is 3.57. The van der Waals surface area contributed by atoms with E-state index in [4.69, 9.17) is 0 Å². The molecule has 0 N–H and O–H groups in total. The van der Waals surface area contributed by atoms with Crippen molar-refractivity contribution in [3.63, 3.8) is 0 Å². The number of Topliss-reactive ketones (excluding diaryl/α,β-unsaturated/α-hetero) is 1. The van der Waals surface area contributed by atoms with Crippen LogP contribution in [0.2, 0.25) is 0 Å². The molecule has 0 saturated carbocycles. The smallest absolute Gasteiger partial charge is 0.164 e. The lowest BCUT2D eigenvalue weighted by atomic mass is 10.0. The average Bonchev–Trinajstić information content (AvgIpc) is 2.35. The molecule has 0 fully saturated rings. The van der Waals surface area contributed by atoms with Crippen LogP contribution in [-0.4, -0.2) is 22.8 Å². The van der Waals surface area contributed by atoms with Gasteiger partial charge in [0.2, 0.25) is 0 Å². The summed E-state index contributed by atoms with van der Waals surface area (Å²) in [6.07, 6.45) is 6.12. The van der Waals surface area contributed by atoms with Crippen LogP contribution in [0.1, 0.15) is 16.8 Å². The van der Waals surface area contributed by atoms with E-state index in [0.717, 1.165) is 22.1 Å². The van der Waals surface area contributed by atoms with Gasteiger partial charge in [0.1, 0.15) is 0 Å². The van der Waals surface area contributed by atoms with Crippen molar-refractivity contribution in [2.24, 2.45) is 0 Å². The van der Waals surface area contributed by atoms with Gasteiger partial charge in [-0.25, -0.2) is 0 Å². The predicted molar refractivity (Wildman–Crippen MR) is 69.1 cm³/mol. The van der Waals surface area contributed by atoms with Crippen molar-refractivity contribution in [3.8, 4) is 0 Å². The van der Waals surface area contributed by atoms with Crippen molar-refractivity contribution in [1.29, 1.82) is 0 Å². The summed E-state index contributed by atoms with van der Waals surface area (Å²) < 4.78 is 0. The number of hydrogen-bond donors (Lipinski definition) is 0. The highest BCUT2D eigenvalue weighted by Crippen LogP contribution is 2.19. The lowest BCUT2D eigenvalue weighted by Crippen LogP contribution is -2.01. The van der Waals surface area contributed by atoms with E-state index in [-0.39, 0.29) is 5.78 Å². The molecule has 82 valence electrons. The Balaban J connectivity index is 2.40. The molecule has 0 aliphatic heterocycles. The molecule has 2 nitrogen and oxygen atoms in total. The summed E-state index contributed by atoms with van der Waals surface area (Å²) in [5.41, 5.74) is 0.791. The number of carbonyl (C=O) groups is 1. The minimum absolute atomic E-state index is 0.202. The fraction of sp³-hybridized carbons (Fsp3) is 0.231. The van der Waals surface area contributed by atoms with Gasteiger partial charge in [-0.15, -0.1) is 0 Å². The standard InChI is InChI=1S/C13H13NOS/c1-16-8-6-13(15)11-4-2-3-10-5-7-14-9-12(10)11/h2-5,7,9H,6,8H2,1H3. The first-order valence-corrected chi connectivity index (χ1v) is 6.57. The van der Waals surface area contributed by atoms with Gasteiger partial charge in [0.05, 0.1) is 0 Å². The Bertz CT molecular complexity index is 505. The van der Waals surface area contributed by atoms with Gasteiger partial charge in [0, 0.05) is 35.5 Å². The number of thioether (sulfide) groups is 1. The van der Waals surface area contributed by atoms with E-state index in [1.807, 2.05) is 30.5 Å². The molecule has 1 aromatic heterocycles. The normalized spacial score (nSPS) is 10.6. The first-order valence-electron chi connectivity index (χ1n) is 5.18. The SMILES string of the molecule is CSCCC(=O)c1cccc2ccncc12. The van der Waals surface area contributed by atoms with Crippen molar-refractivity contribution in [1.82, 2.24) is 4.98 Å². The maximum Gasteiger partial charge on any atom is 0.164 e. The van der Waals surface area contributed by atoms with E-state index in [9.17, 15) is 4.79 Å². The maximum absolute atomic E-state index is 12.0. The minimum Gasteiger partial charge on any atom is -0.294 e. The Labute approximate surface area is 99.1 Å². The van der Waals surface area contributed by atoms with E-state index in [1.54, 1.807) is 24.2 Å². The number of rotatable bonds is 4. The lowest BCUT2D eigenvalue weighted by molar-refractivity contribution is 0.0991. The van der Waals surface area contributed by atoms with Crippen molar-refractivity contribution in [2.75, 3.05) is 12.0 Å². The maximum atomic E-state index is 12.0. The molecule has 3 heteroatoms. The minimum atomic E-state index is 0.202. The summed E-state index contributed by atoms with van der Waals surface area (Å²) in [6, 6.07) is 7.74. The Morgan fingerprint density at radius 1 is 1.38 bits per heavy atom. The van der Waals surface area contributed by atoms with Crippen LogP contribution in [0, 0.1) is 0 Å². The van der Waals surface area contributed by atoms with E-state index in [2.05, 4.69) is 4.98 Å². The number of nitrogens with zero attached hydrogens (tertiary/aromatic N) is 1. The van der Waals surface area contributed by atoms with Crippen molar-refractivity contribution >= 4 is 28.3 Å². The monoisotopic (exact) mass is 231 g/mol. The van der Waals surface area contributed by atoms with Gasteiger partial charge in [-0.3, -0.25) is 9.78 Å². The Morgan fingerprint density at radius 3 is 3.06 bits per heavy atom. The third-order valence-electron chi connectivity index (χ3n) is 2.52. The number of carbonyl (C=O) groups excluding carboxylic acids is 1. The van der Waals surface area contributed by atoms with Crippen LogP contribution in [0.4, 0.5) is 0 Å². The van der Waals surface area contributed by atoms with Crippen LogP contribution in [0.3, 0.4) is 0 Å². The number of pyridine rings is 1. The van der Waals surface area contributed by atoms with Gasteiger partial charge in [-0.05, 0) is 17.7 Å². The number of aromatic nitrogens is 1. The molecule has 0 aliphatic carbocycles. The van der Waals surface area contributed by atoms with Crippen LogP contribution in [0.15, 0.2) is 36.7 Å². The fourth-order valence-corrected chi connectivity index (χ4v) is 2.08. The summed E-state index contributed by atoms with van der Waals surface area (Å²) in [6.45, 7) is 0. The van der Waals surface area contributed by atoms with Crippen LogP contribution >= 0.6 is 11.8 Å². The molecule has 0 bridgehead atoms. The highest BCUT2D eigenvalue weighted by Gasteiger charge is 2.08. The largest absolute Gasteiger partial charge is 0.294 e. The third-order valence-corrected chi connectivity index (χ3v) is 3.13. The summed E-state index contributed by atoms with van der Waals surface area (Å²) >= 11 is 1.69. The topological polar surface area (TPSA) is 30.0 Å². The highest BCUT2D eigenvalue weighted by molar-refractivity contribution is 7.98. The van der Waals surface area contributed by atoms with Gasteiger partial charge >= 0.3 is 0 Å². The molecule has 0 atom stereocenters. The lowest BCUT2D eigenvalue weighted by Gasteiger charge is -2.04. The van der Waals surface area contributed by atoms with Crippen molar-refractivity contribution in [2.45, 2.75) is 6.42 Å². The van der Waals surface area contributed by atoms with Gasteiger partial charge in [-0.1, -0.05) is 18.2 Å². The molecule has 0 spiro atoms. The predicted octanol–water partition coefficient (Wildman–Crippen LogP) is 3.17. The molecular weight excluding hydrogens is 218 g/mol. The molecule has 2 aromatic rings. The number of fused-ring (bicyclic) bond motifs is 1. The van der Waals surface area contributed by atoms with Crippen LogP contribution in [-0.2, 0) is 0 Å². The molecule has 1 heterocycles. The number of hydrogen-bond acceptors (Lipinski definition) is 3. The third kappa shape index (κ3) is 2.25. The Morgan fingerprint density at radius 2 is 2.25 bits per heavy atom. The molecule has 0 saturated heterocycles. The molecule has 0 radical (unpaired) electrons. The summed E-state index contributed by atoms with van der Waals surface area (Å²) in [5, 5.41) is 2.03. The zero-order valence-corrected chi connectivity index (χ0v) is 9.96.